The van der Waals surface area contributed by atoms with Crippen molar-refractivity contribution in [3.05, 3.63) is 105 Å². The molecule has 1 atom stereocenters. The minimum Gasteiger partial charge on any atom is -0.444 e. The van der Waals surface area contributed by atoms with Crippen LogP contribution in [-0.4, -0.2) is 49.8 Å². The van der Waals surface area contributed by atoms with Crippen molar-refractivity contribution in [2.24, 2.45) is 5.92 Å². The molecule has 2 heterocycles. The summed E-state index contributed by atoms with van der Waals surface area (Å²) in [5.41, 5.74) is 3.88. The second-order valence-corrected chi connectivity index (χ2v) is 12.4. The van der Waals surface area contributed by atoms with Gasteiger partial charge in [-0.2, -0.15) is 9.61 Å². The second kappa shape index (κ2) is 13.3. The van der Waals surface area contributed by atoms with E-state index in [1.54, 1.807) is 4.57 Å². The molecule has 1 N–H and O–H groups in total. The molecule has 2 aromatic heterocycles. The molecule has 43 heavy (non-hydrogen) atoms. The third-order valence-electron chi connectivity index (χ3n) is 7.14. The molecule has 0 bridgehead atoms. The van der Waals surface area contributed by atoms with Crippen LogP contribution < -0.4 is 11.0 Å². The molecule has 0 aliphatic heterocycles. The number of alkyl carbamates (subject to hydrolysis) is 1. The summed E-state index contributed by atoms with van der Waals surface area (Å²) in [6.45, 7) is 14.4. The molecule has 0 radical (unpaired) electrons. The van der Waals surface area contributed by atoms with E-state index >= 15 is 0 Å². The highest BCUT2D eigenvalue weighted by Crippen LogP contribution is 2.31. The lowest BCUT2D eigenvalue weighted by Crippen LogP contribution is -2.43. The van der Waals surface area contributed by atoms with Crippen molar-refractivity contribution < 1.29 is 14.3 Å². The molecule has 0 aliphatic carbocycles. The molecule has 0 fully saturated rings. The first kappa shape index (κ1) is 31.5. The summed E-state index contributed by atoms with van der Waals surface area (Å²) in [6.07, 6.45) is -0.000576. The lowest BCUT2D eigenvalue weighted by atomic mass is 9.96. The minimum atomic E-state index is -0.604. The highest BCUT2D eigenvalue weighted by molar-refractivity contribution is 5.94. The van der Waals surface area contributed by atoms with Crippen molar-refractivity contribution in [2.45, 2.75) is 73.1 Å². The van der Waals surface area contributed by atoms with E-state index in [9.17, 15) is 14.4 Å². The van der Waals surface area contributed by atoms with Gasteiger partial charge >= 0.3 is 11.8 Å². The molecular formula is C34H43N5O4. The summed E-state index contributed by atoms with van der Waals surface area (Å²) in [5.74, 6) is -0.180. The number of carbonyl (C=O) groups is 2. The van der Waals surface area contributed by atoms with Gasteiger partial charge in [-0.05, 0) is 76.8 Å². The molecule has 9 heteroatoms. The van der Waals surface area contributed by atoms with Gasteiger partial charge in [-0.1, -0.05) is 61.9 Å². The Kier molecular flexibility index (Phi) is 9.73. The standard InChI is InChI=1S/C34H43N5O4/c1-23(2)30(29-21-28-20-25(4)36-39(28)33(42)38(29)22-26-12-9-8-10-13-26)37(31(40)27-16-14-24(3)15-17-27)19-11-18-35-32(41)43-34(5,6)7/h8-10,12-17,20-21,23,30H,11,18-19,22H2,1-7H3,(H,35,41). The van der Waals surface area contributed by atoms with E-state index in [4.69, 9.17) is 4.74 Å². The maximum Gasteiger partial charge on any atom is 0.407 e. The van der Waals surface area contributed by atoms with E-state index in [-0.39, 0.29) is 17.5 Å². The molecule has 9 nitrogen and oxygen atoms in total. The molecule has 0 spiro atoms. The monoisotopic (exact) mass is 585 g/mol. The van der Waals surface area contributed by atoms with Crippen molar-refractivity contribution in [3.8, 4) is 0 Å². The van der Waals surface area contributed by atoms with E-state index in [1.807, 2.05) is 106 Å². The molecule has 228 valence electrons. The Balaban J connectivity index is 1.77. The maximum absolute atomic E-state index is 14.2. The van der Waals surface area contributed by atoms with Crippen LogP contribution in [0.4, 0.5) is 4.79 Å². The molecule has 0 aliphatic rings. The third kappa shape index (κ3) is 7.91. The summed E-state index contributed by atoms with van der Waals surface area (Å²) in [4.78, 5) is 42.3. The Labute approximate surface area is 253 Å². The average Bonchev–Trinajstić information content (AvgIpc) is 3.32. The molecule has 2 amide bonds. The summed E-state index contributed by atoms with van der Waals surface area (Å²) < 4.78 is 8.54. The maximum atomic E-state index is 14.2. The first-order valence-corrected chi connectivity index (χ1v) is 14.8. The van der Waals surface area contributed by atoms with Crippen LogP contribution in [0.15, 0.2) is 71.5 Å². The lowest BCUT2D eigenvalue weighted by molar-refractivity contribution is 0.0520. The van der Waals surface area contributed by atoms with E-state index in [0.717, 1.165) is 22.5 Å². The molecule has 0 saturated carbocycles. The molecule has 2 aromatic carbocycles. The normalized spacial score (nSPS) is 12.4. The van der Waals surface area contributed by atoms with Crippen LogP contribution in [0, 0.1) is 19.8 Å². The van der Waals surface area contributed by atoms with Crippen molar-refractivity contribution in [2.75, 3.05) is 13.1 Å². The average molecular weight is 586 g/mol. The van der Waals surface area contributed by atoms with Gasteiger partial charge in [0.15, 0.2) is 0 Å². The van der Waals surface area contributed by atoms with Crippen LogP contribution in [0.1, 0.15) is 80.0 Å². The van der Waals surface area contributed by atoms with Gasteiger partial charge in [0.1, 0.15) is 5.60 Å². The number of amides is 2. The number of benzene rings is 2. The van der Waals surface area contributed by atoms with Gasteiger partial charge < -0.3 is 15.0 Å². The van der Waals surface area contributed by atoms with E-state index in [0.29, 0.717) is 37.1 Å². The minimum absolute atomic E-state index is 0.0406. The predicted molar refractivity (Wildman–Crippen MR) is 168 cm³/mol. The zero-order valence-electron chi connectivity index (χ0n) is 26.3. The number of aromatic nitrogens is 3. The van der Waals surface area contributed by atoms with Gasteiger partial charge in [0.05, 0.1) is 23.8 Å². The molecule has 4 rings (SSSR count). The van der Waals surface area contributed by atoms with E-state index < -0.39 is 17.7 Å². The smallest absolute Gasteiger partial charge is 0.407 e. The number of nitrogens with one attached hydrogen (secondary N) is 1. The number of rotatable bonds is 10. The number of ether oxygens (including phenoxy) is 1. The summed E-state index contributed by atoms with van der Waals surface area (Å²) >= 11 is 0. The first-order chi connectivity index (χ1) is 20.3. The van der Waals surface area contributed by atoms with Crippen molar-refractivity contribution in [3.63, 3.8) is 0 Å². The fourth-order valence-electron chi connectivity index (χ4n) is 5.24. The van der Waals surface area contributed by atoms with Crippen molar-refractivity contribution >= 4 is 17.5 Å². The van der Waals surface area contributed by atoms with Gasteiger partial charge in [0.2, 0.25) is 0 Å². The zero-order chi connectivity index (χ0) is 31.3. The summed E-state index contributed by atoms with van der Waals surface area (Å²) in [5, 5.41) is 7.25. The van der Waals surface area contributed by atoms with Crippen molar-refractivity contribution in [1.29, 1.82) is 0 Å². The Morgan fingerprint density at radius 1 is 1.00 bits per heavy atom. The second-order valence-electron chi connectivity index (χ2n) is 12.4. The highest BCUT2D eigenvalue weighted by Gasteiger charge is 2.32. The first-order valence-electron chi connectivity index (χ1n) is 14.8. The fraction of sp³-hybridized carbons (Fsp3) is 0.412. The third-order valence-corrected chi connectivity index (χ3v) is 7.14. The van der Waals surface area contributed by atoms with Crippen LogP contribution >= 0.6 is 0 Å². The summed E-state index contributed by atoms with van der Waals surface area (Å²) in [7, 11) is 0. The van der Waals surface area contributed by atoms with Gasteiger partial charge in [-0.3, -0.25) is 9.36 Å². The zero-order valence-corrected chi connectivity index (χ0v) is 26.3. The molecular weight excluding hydrogens is 542 g/mol. The fourth-order valence-corrected chi connectivity index (χ4v) is 5.24. The Morgan fingerprint density at radius 3 is 2.30 bits per heavy atom. The van der Waals surface area contributed by atoms with Crippen molar-refractivity contribution in [1.82, 2.24) is 24.4 Å². The Morgan fingerprint density at radius 2 is 1.67 bits per heavy atom. The largest absolute Gasteiger partial charge is 0.444 e. The molecule has 1 unspecified atom stereocenters. The summed E-state index contributed by atoms with van der Waals surface area (Å²) in [6, 6.07) is 20.7. The highest BCUT2D eigenvalue weighted by atomic mass is 16.6. The number of fused-ring (bicyclic) bond motifs is 1. The van der Waals surface area contributed by atoms with E-state index in [2.05, 4.69) is 24.3 Å². The SMILES string of the molecule is Cc1ccc(C(=O)N(CCCNC(=O)OC(C)(C)C)C(c2cc3cc(C)nn3c(=O)n2Cc2ccccc2)C(C)C)cc1. The molecule has 4 aromatic rings. The van der Waals surface area contributed by atoms with E-state index in [1.165, 1.54) is 4.52 Å². The number of carbonyl (C=O) groups excluding carboxylic acids is 2. The van der Waals surface area contributed by atoms with Crippen LogP contribution in [-0.2, 0) is 11.3 Å². The van der Waals surface area contributed by atoms with Crippen LogP contribution in [0.25, 0.3) is 5.52 Å². The topological polar surface area (TPSA) is 97.9 Å². The predicted octanol–water partition coefficient (Wildman–Crippen LogP) is 5.92. The van der Waals surface area contributed by atoms with Gasteiger partial charge in [0, 0.05) is 24.3 Å². The van der Waals surface area contributed by atoms with Gasteiger partial charge in [0.25, 0.3) is 5.91 Å². The van der Waals surface area contributed by atoms with Gasteiger partial charge in [-0.25, -0.2) is 9.59 Å². The lowest BCUT2D eigenvalue weighted by Gasteiger charge is -2.36. The van der Waals surface area contributed by atoms with Gasteiger partial charge in [-0.15, -0.1) is 0 Å². The number of aryl methyl sites for hydroxylation is 2. The Bertz CT molecular complexity index is 1620. The quantitative estimate of drug-likeness (QED) is 0.233. The Hall–Kier alpha value is -4.40. The molecule has 0 saturated heterocycles. The number of nitrogens with zero attached hydrogens (tertiary/aromatic N) is 4. The number of hydrogen-bond acceptors (Lipinski definition) is 5. The van der Waals surface area contributed by atoms with Crippen LogP contribution in [0.2, 0.25) is 0 Å². The van der Waals surface area contributed by atoms with Crippen LogP contribution in [0.5, 0.6) is 0 Å². The van der Waals surface area contributed by atoms with Crippen LogP contribution in [0.3, 0.4) is 0 Å². The number of hydrogen-bond donors (Lipinski definition) is 1.